The van der Waals surface area contributed by atoms with Crippen molar-refractivity contribution in [2.45, 2.75) is 87.0 Å². The van der Waals surface area contributed by atoms with E-state index in [1.807, 2.05) is 48.5 Å². The minimum Gasteiger partial charge on any atom is -0.466 e. The van der Waals surface area contributed by atoms with Crippen LogP contribution >= 0.6 is 0 Å². The fourth-order valence-electron chi connectivity index (χ4n) is 2.24. The molecule has 0 atom stereocenters. The molecule has 5 nitrogen and oxygen atoms in total. The Morgan fingerprint density at radius 2 is 1.35 bits per heavy atom. The van der Waals surface area contributed by atoms with Gasteiger partial charge in [0.05, 0.1) is 24.5 Å². The van der Waals surface area contributed by atoms with Gasteiger partial charge in [0.25, 0.3) is 0 Å². The molecule has 0 aromatic rings. The van der Waals surface area contributed by atoms with Crippen LogP contribution < -0.4 is 0 Å². The van der Waals surface area contributed by atoms with Gasteiger partial charge in [-0.15, -0.1) is 0 Å². The Kier molecular flexibility index (Phi) is 18.1. The summed E-state index contributed by atoms with van der Waals surface area (Å²) in [5.41, 5.74) is -0.268. The van der Waals surface area contributed by atoms with Crippen molar-refractivity contribution in [3.63, 3.8) is 0 Å². The molecule has 0 amide bonds. The largest absolute Gasteiger partial charge is 0.466 e. The monoisotopic (exact) mass is 374 g/mol. The van der Waals surface area contributed by atoms with E-state index in [4.69, 9.17) is 14.2 Å². The van der Waals surface area contributed by atoms with Crippen molar-refractivity contribution in [1.29, 1.82) is 0 Å². The van der Waals surface area contributed by atoms with Crippen molar-refractivity contribution in [2.75, 3.05) is 26.4 Å². The third-order valence-corrected chi connectivity index (χ3v) is 4.76. The van der Waals surface area contributed by atoms with Gasteiger partial charge in [-0.2, -0.15) is 0 Å². The summed E-state index contributed by atoms with van der Waals surface area (Å²) in [5.74, 6) is -0.00236. The number of rotatable bonds is 8. The average Bonchev–Trinajstić information content (AvgIpc) is 3.23. The van der Waals surface area contributed by atoms with E-state index in [-0.39, 0.29) is 23.3 Å². The Morgan fingerprint density at radius 3 is 1.62 bits per heavy atom. The second-order valence-electron chi connectivity index (χ2n) is 6.57. The van der Waals surface area contributed by atoms with E-state index in [1.165, 1.54) is 12.8 Å². The quantitative estimate of drug-likeness (QED) is 0.549. The molecule has 0 radical (unpaired) electrons. The maximum absolute atomic E-state index is 11.3. The predicted molar refractivity (Wildman–Crippen MR) is 106 cm³/mol. The van der Waals surface area contributed by atoms with E-state index in [0.29, 0.717) is 13.2 Å². The molecule has 1 aliphatic rings. The number of hydrogen-bond acceptors (Lipinski definition) is 5. The molecule has 1 aliphatic heterocycles. The number of carbonyl (C=O) groups is 2. The van der Waals surface area contributed by atoms with Crippen LogP contribution in [0.1, 0.15) is 87.0 Å². The second kappa shape index (κ2) is 17.3. The Balaban J connectivity index is 0. The first-order valence-electron chi connectivity index (χ1n) is 10.3. The van der Waals surface area contributed by atoms with E-state index in [0.717, 1.165) is 38.9 Å². The summed E-state index contributed by atoms with van der Waals surface area (Å²) in [6.45, 7) is 16.6. The zero-order valence-electron chi connectivity index (χ0n) is 18.2. The lowest BCUT2D eigenvalue weighted by molar-refractivity contribution is -0.154. The summed E-state index contributed by atoms with van der Waals surface area (Å²) < 4.78 is 14.7. The smallest absolute Gasteiger partial charge is 0.311 e. The molecule has 1 rings (SSSR count). The molecular formula is C21H42O5. The summed E-state index contributed by atoms with van der Waals surface area (Å²) in [6, 6.07) is 0. The summed E-state index contributed by atoms with van der Waals surface area (Å²) in [6.07, 6.45) is 6.02. The summed E-state index contributed by atoms with van der Waals surface area (Å²) in [7, 11) is 0. The van der Waals surface area contributed by atoms with Gasteiger partial charge < -0.3 is 14.2 Å². The normalized spacial score (nSPS) is 13.2. The zero-order valence-corrected chi connectivity index (χ0v) is 18.2. The van der Waals surface area contributed by atoms with Gasteiger partial charge in [-0.3, -0.25) is 9.59 Å². The molecule has 1 saturated heterocycles. The van der Waals surface area contributed by atoms with E-state index < -0.39 is 0 Å². The van der Waals surface area contributed by atoms with Crippen molar-refractivity contribution in [3.05, 3.63) is 0 Å². The van der Waals surface area contributed by atoms with Gasteiger partial charge in [0.1, 0.15) is 0 Å². The van der Waals surface area contributed by atoms with Crippen molar-refractivity contribution in [2.24, 2.45) is 11.3 Å². The first kappa shape index (κ1) is 27.1. The van der Waals surface area contributed by atoms with Crippen LogP contribution in [0.2, 0.25) is 0 Å². The molecule has 0 aliphatic carbocycles. The van der Waals surface area contributed by atoms with Crippen LogP contribution in [0.5, 0.6) is 0 Å². The van der Waals surface area contributed by atoms with Crippen LogP contribution in [0, 0.1) is 11.3 Å². The highest BCUT2D eigenvalue weighted by atomic mass is 16.5. The molecule has 26 heavy (non-hydrogen) atoms. The van der Waals surface area contributed by atoms with E-state index >= 15 is 0 Å². The van der Waals surface area contributed by atoms with Crippen molar-refractivity contribution in [1.82, 2.24) is 0 Å². The van der Waals surface area contributed by atoms with Crippen molar-refractivity contribution >= 4 is 11.9 Å². The van der Waals surface area contributed by atoms with Crippen LogP contribution in [-0.2, 0) is 23.8 Å². The predicted octanol–water partition coefficient (Wildman–Crippen LogP) is 5.16. The molecular weight excluding hydrogens is 332 g/mol. The first-order chi connectivity index (χ1) is 12.4. The molecule has 156 valence electrons. The lowest BCUT2D eigenvalue weighted by Crippen LogP contribution is -2.28. The Bertz CT molecular complexity index is 335. The SMILES string of the molecule is C1CCOC1.CCOC(=O)C(C)(CC)CC.CCOC(=O)C(CC)CC. The maximum atomic E-state index is 11.3. The van der Waals surface area contributed by atoms with Crippen LogP contribution in [0.4, 0.5) is 0 Å². The van der Waals surface area contributed by atoms with Gasteiger partial charge in [0.2, 0.25) is 0 Å². The number of carbonyl (C=O) groups excluding carboxylic acids is 2. The fourth-order valence-corrected chi connectivity index (χ4v) is 2.24. The summed E-state index contributed by atoms with van der Waals surface area (Å²) >= 11 is 0. The molecule has 1 fully saturated rings. The van der Waals surface area contributed by atoms with E-state index in [1.54, 1.807) is 0 Å². The van der Waals surface area contributed by atoms with Gasteiger partial charge in [0, 0.05) is 13.2 Å². The van der Waals surface area contributed by atoms with Crippen LogP contribution in [0.25, 0.3) is 0 Å². The second-order valence-corrected chi connectivity index (χ2v) is 6.57. The molecule has 0 spiro atoms. The fraction of sp³-hybridized carbons (Fsp3) is 0.905. The standard InChI is InChI=1S/C9H18O2.C8H16O2.C4H8O/c1-5-9(4,6-2)8(10)11-7-3;1-4-7(5-2)8(9)10-6-3;1-2-4-5-3-1/h5-7H2,1-4H3;7H,4-6H2,1-3H3;1-4H2. The lowest BCUT2D eigenvalue weighted by atomic mass is 9.85. The molecule has 0 aromatic carbocycles. The van der Waals surface area contributed by atoms with Crippen LogP contribution in [0.3, 0.4) is 0 Å². The Morgan fingerprint density at radius 1 is 0.885 bits per heavy atom. The number of hydrogen-bond donors (Lipinski definition) is 0. The molecule has 5 heteroatoms. The van der Waals surface area contributed by atoms with Gasteiger partial charge >= 0.3 is 11.9 Å². The number of ether oxygens (including phenoxy) is 3. The zero-order chi connectivity index (χ0) is 20.4. The third kappa shape index (κ3) is 12.3. The molecule has 0 aromatic heterocycles. The van der Waals surface area contributed by atoms with Crippen LogP contribution in [-0.4, -0.2) is 38.4 Å². The first-order valence-corrected chi connectivity index (χ1v) is 10.3. The van der Waals surface area contributed by atoms with E-state index in [2.05, 4.69) is 0 Å². The van der Waals surface area contributed by atoms with Crippen molar-refractivity contribution < 1.29 is 23.8 Å². The van der Waals surface area contributed by atoms with Gasteiger partial charge in [0.15, 0.2) is 0 Å². The highest BCUT2D eigenvalue weighted by Gasteiger charge is 2.30. The Labute approximate surface area is 161 Å². The summed E-state index contributed by atoms with van der Waals surface area (Å²) in [4.78, 5) is 22.3. The minimum absolute atomic E-state index is 0.0486. The highest BCUT2D eigenvalue weighted by molar-refractivity contribution is 5.76. The molecule has 0 saturated carbocycles. The average molecular weight is 375 g/mol. The topological polar surface area (TPSA) is 61.8 Å². The molecule has 0 unspecified atom stereocenters. The third-order valence-electron chi connectivity index (χ3n) is 4.76. The molecule has 1 heterocycles. The van der Waals surface area contributed by atoms with E-state index in [9.17, 15) is 9.59 Å². The van der Waals surface area contributed by atoms with Crippen LogP contribution in [0.15, 0.2) is 0 Å². The molecule has 0 N–H and O–H groups in total. The minimum atomic E-state index is -0.268. The van der Waals surface area contributed by atoms with Gasteiger partial charge in [-0.1, -0.05) is 27.7 Å². The molecule has 0 bridgehead atoms. The van der Waals surface area contributed by atoms with Gasteiger partial charge in [-0.05, 0) is 59.3 Å². The summed E-state index contributed by atoms with van der Waals surface area (Å²) in [5, 5.41) is 0. The van der Waals surface area contributed by atoms with Crippen molar-refractivity contribution in [3.8, 4) is 0 Å². The number of esters is 2. The highest BCUT2D eigenvalue weighted by Crippen LogP contribution is 2.26. The maximum Gasteiger partial charge on any atom is 0.311 e. The Hall–Kier alpha value is -1.10. The lowest BCUT2D eigenvalue weighted by Gasteiger charge is -2.23. The van der Waals surface area contributed by atoms with Gasteiger partial charge in [-0.25, -0.2) is 0 Å².